The Balaban J connectivity index is 1.36. The normalized spacial score (nSPS) is 24.2. The number of amides is 5. The van der Waals surface area contributed by atoms with Crippen molar-refractivity contribution in [2.45, 2.75) is 135 Å². The highest BCUT2D eigenvalue weighted by Gasteiger charge is 2.52. The molecule has 49 heavy (non-hydrogen) atoms. The van der Waals surface area contributed by atoms with E-state index in [9.17, 15) is 28.8 Å². The molecule has 2 unspecified atom stereocenters. The number of hydrogen-bond donors (Lipinski definition) is 4. The first-order chi connectivity index (χ1) is 23.4. The fraction of sp³-hybridized carbons (Fsp3) is 0.722. The number of likely N-dealkylation sites (tertiary alicyclic amines) is 1. The summed E-state index contributed by atoms with van der Waals surface area (Å²) in [6.07, 6.45) is 13.9. The van der Waals surface area contributed by atoms with E-state index >= 15 is 0 Å². The highest BCUT2D eigenvalue weighted by Crippen LogP contribution is 2.43. The zero-order valence-electron chi connectivity index (χ0n) is 29.3. The Bertz CT molecular complexity index is 1390. The number of nitrogens with one attached hydrogen (secondary N) is 4. The van der Waals surface area contributed by atoms with Crippen LogP contribution in [-0.2, 0) is 24.0 Å². The maximum Gasteiger partial charge on any atom is 0.289 e. The lowest BCUT2D eigenvalue weighted by molar-refractivity contribution is -0.146. The van der Waals surface area contributed by atoms with Gasteiger partial charge in [0.25, 0.3) is 11.8 Å². The number of carbonyl (C=O) groups is 6. The minimum atomic E-state index is -0.994. The molecule has 0 bridgehead atoms. The second-order valence-corrected chi connectivity index (χ2v) is 15.5. The number of fused-ring (bicyclic) bond motifs is 1. The fourth-order valence-electron chi connectivity index (χ4n) is 7.87. The molecular formula is C36H53N7O6. The smallest absolute Gasteiger partial charge is 0.289 e. The first-order valence-corrected chi connectivity index (χ1v) is 18.2. The molecule has 0 radical (unpaired) electrons. The predicted octanol–water partition coefficient (Wildman–Crippen LogP) is 2.45. The third-order valence-electron chi connectivity index (χ3n) is 10.7. The van der Waals surface area contributed by atoms with Crippen molar-refractivity contribution in [1.82, 2.24) is 36.1 Å². The van der Waals surface area contributed by atoms with Crippen LogP contribution in [-0.4, -0.2) is 86.9 Å². The van der Waals surface area contributed by atoms with Gasteiger partial charge in [0.05, 0.1) is 12.2 Å². The van der Waals surface area contributed by atoms with Crippen LogP contribution in [0.5, 0.6) is 0 Å². The van der Waals surface area contributed by atoms with Gasteiger partial charge in [-0.1, -0.05) is 59.8 Å². The number of aromatic nitrogens is 2. The summed E-state index contributed by atoms with van der Waals surface area (Å²) in [5, 5.41) is 11.5. The maximum atomic E-state index is 14.6. The molecule has 13 nitrogen and oxygen atoms in total. The van der Waals surface area contributed by atoms with Gasteiger partial charge in [-0.15, -0.1) is 0 Å². The lowest BCUT2D eigenvalue weighted by Gasteiger charge is -2.38. The van der Waals surface area contributed by atoms with Crippen molar-refractivity contribution in [3.8, 4) is 0 Å². The Kier molecular flexibility index (Phi) is 11.7. The van der Waals surface area contributed by atoms with E-state index in [4.69, 9.17) is 0 Å². The highest BCUT2D eigenvalue weighted by atomic mass is 16.2. The molecule has 268 valence electrons. The molecule has 1 saturated heterocycles. The minimum absolute atomic E-state index is 0.0132. The molecule has 3 saturated carbocycles. The van der Waals surface area contributed by atoms with Gasteiger partial charge in [0, 0.05) is 25.0 Å². The predicted molar refractivity (Wildman–Crippen MR) is 181 cm³/mol. The van der Waals surface area contributed by atoms with E-state index < -0.39 is 59.0 Å². The van der Waals surface area contributed by atoms with Crippen LogP contribution >= 0.6 is 0 Å². The van der Waals surface area contributed by atoms with Crippen LogP contribution in [0.25, 0.3) is 0 Å². The quantitative estimate of drug-likeness (QED) is 0.230. The van der Waals surface area contributed by atoms with E-state index in [-0.39, 0.29) is 35.4 Å². The van der Waals surface area contributed by atoms with Gasteiger partial charge in [0.1, 0.15) is 23.8 Å². The van der Waals surface area contributed by atoms with Gasteiger partial charge in [-0.25, -0.2) is 4.98 Å². The molecule has 13 heteroatoms. The lowest BCUT2D eigenvalue weighted by Crippen LogP contribution is -2.62. The van der Waals surface area contributed by atoms with E-state index in [1.54, 1.807) is 4.90 Å². The lowest BCUT2D eigenvalue weighted by atomic mass is 9.82. The van der Waals surface area contributed by atoms with E-state index in [1.165, 1.54) is 18.6 Å². The van der Waals surface area contributed by atoms with Crippen LogP contribution in [0, 0.1) is 23.2 Å². The molecule has 0 spiro atoms. The second-order valence-electron chi connectivity index (χ2n) is 15.5. The van der Waals surface area contributed by atoms with Gasteiger partial charge < -0.3 is 26.2 Å². The fourth-order valence-corrected chi connectivity index (χ4v) is 7.87. The summed E-state index contributed by atoms with van der Waals surface area (Å²) in [5.74, 6) is -3.20. The molecule has 1 aromatic rings. The summed E-state index contributed by atoms with van der Waals surface area (Å²) in [6.45, 7) is 7.85. The van der Waals surface area contributed by atoms with Crippen molar-refractivity contribution in [1.29, 1.82) is 0 Å². The van der Waals surface area contributed by atoms with Crippen molar-refractivity contribution in [3.63, 3.8) is 0 Å². The van der Waals surface area contributed by atoms with Crippen molar-refractivity contribution >= 4 is 35.3 Å². The van der Waals surface area contributed by atoms with Crippen LogP contribution in [0.1, 0.15) is 115 Å². The SMILES string of the molecule is CCC[C@H](NC(=O)C1[C@H]2CCC[C@H]2CN1C(=O)[C@@H](NC(=O)C(NC(=O)c1cnccn1)C1CCCCC1)C(C)(C)C)C(=O)C(=O)NC1CC1. The van der Waals surface area contributed by atoms with Gasteiger partial charge in [-0.05, 0) is 68.1 Å². The highest BCUT2D eigenvalue weighted by molar-refractivity contribution is 6.38. The molecule has 5 rings (SSSR count). The molecular weight excluding hydrogens is 626 g/mol. The maximum absolute atomic E-state index is 14.6. The summed E-state index contributed by atoms with van der Waals surface area (Å²) in [5.41, 5.74) is -0.638. The minimum Gasteiger partial charge on any atom is -0.347 e. The molecule has 1 aliphatic heterocycles. The van der Waals surface area contributed by atoms with Crippen molar-refractivity contribution in [2.24, 2.45) is 23.2 Å². The molecule has 0 aromatic carbocycles. The average Bonchev–Trinajstić information content (AvgIpc) is 3.65. The van der Waals surface area contributed by atoms with Crippen LogP contribution < -0.4 is 21.3 Å². The van der Waals surface area contributed by atoms with E-state index in [0.717, 1.165) is 64.2 Å². The van der Waals surface area contributed by atoms with Gasteiger partial charge in [0.15, 0.2) is 0 Å². The van der Waals surface area contributed by atoms with E-state index in [1.807, 2.05) is 27.7 Å². The topological polar surface area (TPSA) is 180 Å². The summed E-state index contributed by atoms with van der Waals surface area (Å²) in [6, 6.07) is -3.68. The third kappa shape index (κ3) is 8.83. The number of Topliss-reactive ketones (excluding diaryl/α,β-unsaturated/α-hetero) is 1. The molecule has 5 amide bonds. The number of ketones is 1. The monoisotopic (exact) mass is 679 g/mol. The Labute approximate surface area is 288 Å². The Hall–Kier alpha value is -3.90. The van der Waals surface area contributed by atoms with E-state index in [0.29, 0.717) is 19.4 Å². The molecule has 1 aromatic heterocycles. The molecule has 3 aliphatic carbocycles. The van der Waals surface area contributed by atoms with Crippen LogP contribution in [0.3, 0.4) is 0 Å². The Morgan fingerprint density at radius 1 is 0.898 bits per heavy atom. The molecule has 6 atom stereocenters. The molecule has 4 fully saturated rings. The standard InChI is InChI=1S/C36H53N7O6/c1-5-10-25(29(44)34(48)39-23-15-16-23)40-33(47)28-24-14-9-13-22(24)20-43(28)35(49)30(36(2,3)4)42-32(46)27(21-11-7-6-8-12-21)41-31(45)26-19-37-17-18-38-26/h17-19,21-25,27-28,30H,5-16,20H2,1-4H3,(H,39,48)(H,40,47)(H,41,45)(H,42,46)/t22-,24-,25-,27?,28?,30+/m0/s1. The second kappa shape index (κ2) is 15.8. The largest absolute Gasteiger partial charge is 0.347 e. The van der Waals surface area contributed by atoms with Crippen LogP contribution in [0.15, 0.2) is 18.6 Å². The zero-order valence-corrected chi connectivity index (χ0v) is 29.3. The molecule has 2 heterocycles. The zero-order chi connectivity index (χ0) is 35.3. The van der Waals surface area contributed by atoms with Gasteiger partial charge >= 0.3 is 0 Å². The average molecular weight is 680 g/mol. The van der Waals surface area contributed by atoms with Crippen molar-refractivity contribution in [2.75, 3.05) is 6.54 Å². The van der Waals surface area contributed by atoms with Gasteiger partial charge in [-0.3, -0.25) is 33.8 Å². The Morgan fingerprint density at radius 2 is 1.63 bits per heavy atom. The number of rotatable bonds is 13. The summed E-state index contributed by atoms with van der Waals surface area (Å²) >= 11 is 0. The number of nitrogens with zero attached hydrogens (tertiary/aromatic N) is 3. The molecule has 4 aliphatic rings. The van der Waals surface area contributed by atoms with E-state index in [2.05, 4.69) is 31.2 Å². The first kappa shape index (κ1) is 36.4. The third-order valence-corrected chi connectivity index (χ3v) is 10.7. The summed E-state index contributed by atoms with van der Waals surface area (Å²) in [4.78, 5) is 91.4. The van der Waals surface area contributed by atoms with Crippen LogP contribution in [0.2, 0.25) is 0 Å². The summed E-state index contributed by atoms with van der Waals surface area (Å²) in [7, 11) is 0. The van der Waals surface area contributed by atoms with Crippen molar-refractivity contribution in [3.05, 3.63) is 24.3 Å². The summed E-state index contributed by atoms with van der Waals surface area (Å²) < 4.78 is 0. The number of hydrogen-bond acceptors (Lipinski definition) is 8. The first-order valence-electron chi connectivity index (χ1n) is 18.2. The van der Waals surface area contributed by atoms with Crippen LogP contribution in [0.4, 0.5) is 0 Å². The van der Waals surface area contributed by atoms with Gasteiger partial charge in [0.2, 0.25) is 23.5 Å². The van der Waals surface area contributed by atoms with Gasteiger partial charge in [-0.2, -0.15) is 0 Å². The number of carbonyl (C=O) groups excluding carboxylic acids is 6. The molecule has 4 N–H and O–H groups in total. The van der Waals surface area contributed by atoms with Crippen molar-refractivity contribution < 1.29 is 28.8 Å². The Morgan fingerprint density at radius 3 is 2.27 bits per heavy atom.